The zero-order chi connectivity index (χ0) is 8.27. The van der Waals surface area contributed by atoms with E-state index in [9.17, 15) is 0 Å². The summed E-state index contributed by atoms with van der Waals surface area (Å²) in [5, 5.41) is 0. The molecular formula is C8H16N2S. The monoisotopic (exact) mass is 172 g/mol. The molecule has 2 N–H and O–H groups in total. The van der Waals surface area contributed by atoms with Gasteiger partial charge in [-0.1, -0.05) is 19.1 Å². The number of likely N-dealkylation sites (N-methyl/N-ethyl adjacent to an activating group) is 1. The van der Waals surface area contributed by atoms with Crippen molar-refractivity contribution in [2.75, 3.05) is 19.6 Å². The molecule has 0 aromatic rings. The Bertz CT molecular complexity index is 143. The molecule has 1 fully saturated rings. The van der Waals surface area contributed by atoms with Crippen molar-refractivity contribution in [2.45, 2.75) is 19.8 Å². The van der Waals surface area contributed by atoms with Gasteiger partial charge in [-0.3, -0.25) is 4.90 Å². The van der Waals surface area contributed by atoms with E-state index in [2.05, 4.69) is 11.8 Å². The van der Waals surface area contributed by atoms with Gasteiger partial charge in [-0.15, -0.1) is 0 Å². The highest BCUT2D eigenvalue weighted by molar-refractivity contribution is 7.80. The summed E-state index contributed by atoms with van der Waals surface area (Å²) in [7, 11) is 0. The minimum Gasteiger partial charge on any atom is -0.392 e. The summed E-state index contributed by atoms with van der Waals surface area (Å²) in [5.74, 6) is 0.935. The van der Waals surface area contributed by atoms with Crippen LogP contribution < -0.4 is 5.73 Å². The van der Waals surface area contributed by atoms with E-state index >= 15 is 0 Å². The summed E-state index contributed by atoms with van der Waals surface area (Å²) in [6, 6.07) is 0. The molecule has 0 spiro atoms. The number of hydrogen-bond acceptors (Lipinski definition) is 2. The number of hydrogen-bond donors (Lipinski definition) is 1. The lowest BCUT2D eigenvalue weighted by Gasteiger charge is -2.18. The molecule has 0 amide bonds. The largest absolute Gasteiger partial charge is 0.392 e. The van der Waals surface area contributed by atoms with Gasteiger partial charge in [0.15, 0.2) is 0 Å². The summed E-state index contributed by atoms with van der Waals surface area (Å²) in [6.07, 6.45) is 2.79. The van der Waals surface area contributed by atoms with E-state index in [0.29, 0.717) is 4.99 Å². The van der Waals surface area contributed by atoms with Crippen LogP contribution in [0.3, 0.4) is 0 Å². The third-order valence-electron chi connectivity index (χ3n) is 2.04. The maximum atomic E-state index is 5.45. The first-order chi connectivity index (χ1) is 5.22. The van der Waals surface area contributed by atoms with Crippen molar-refractivity contribution in [1.82, 2.24) is 4.90 Å². The maximum absolute atomic E-state index is 5.45. The Balaban J connectivity index is 2.17. The highest BCUT2D eigenvalue weighted by Gasteiger charge is 2.23. The molecule has 0 aromatic heterocycles. The molecule has 3 heteroatoms. The normalized spacial score (nSPS) is 17.3. The van der Waals surface area contributed by atoms with Gasteiger partial charge in [0.2, 0.25) is 0 Å². The second-order valence-electron chi connectivity index (χ2n) is 3.24. The fraction of sp³-hybridized carbons (Fsp3) is 0.875. The van der Waals surface area contributed by atoms with Crippen molar-refractivity contribution < 1.29 is 0 Å². The van der Waals surface area contributed by atoms with Gasteiger partial charge in [0, 0.05) is 13.1 Å². The Hall–Kier alpha value is -0.150. The number of thiocarbonyl (C=S) groups is 1. The van der Waals surface area contributed by atoms with Crippen LogP contribution in [0.5, 0.6) is 0 Å². The third-order valence-corrected chi connectivity index (χ3v) is 2.17. The van der Waals surface area contributed by atoms with E-state index in [1.807, 2.05) is 0 Å². The summed E-state index contributed by atoms with van der Waals surface area (Å²) >= 11 is 4.85. The molecule has 1 rings (SSSR count). The molecule has 0 aromatic carbocycles. The fourth-order valence-electron chi connectivity index (χ4n) is 1.19. The zero-order valence-electron chi connectivity index (χ0n) is 7.05. The molecule has 0 heterocycles. The van der Waals surface area contributed by atoms with Gasteiger partial charge >= 0.3 is 0 Å². The van der Waals surface area contributed by atoms with Crippen LogP contribution in [0.15, 0.2) is 0 Å². The molecule has 1 aliphatic rings. The first kappa shape index (κ1) is 8.94. The highest BCUT2D eigenvalue weighted by atomic mass is 32.1. The average molecular weight is 172 g/mol. The summed E-state index contributed by atoms with van der Waals surface area (Å²) in [6.45, 7) is 5.20. The molecular weight excluding hydrogens is 156 g/mol. The van der Waals surface area contributed by atoms with Crippen LogP contribution in [-0.4, -0.2) is 29.5 Å². The van der Waals surface area contributed by atoms with Crippen molar-refractivity contribution >= 4 is 17.2 Å². The van der Waals surface area contributed by atoms with E-state index in [1.54, 1.807) is 0 Å². The number of nitrogens with zero attached hydrogens (tertiary/aromatic N) is 1. The second kappa shape index (κ2) is 4.02. The topological polar surface area (TPSA) is 29.3 Å². The van der Waals surface area contributed by atoms with Crippen molar-refractivity contribution in [3.63, 3.8) is 0 Å². The quantitative estimate of drug-likeness (QED) is 0.627. The summed E-state index contributed by atoms with van der Waals surface area (Å²) in [5.41, 5.74) is 5.45. The van der Waals surface area contributed by atoms with Crippen molar-refractivity contribution in [3.8, 4) is 0 Å². The van der Waals surface area contributed by atoms with Crippen LogP contribution in [-0.2, 0) is 0 Å². The highest BCUT2D eigenvalue weighted by Crippen LogP contribution is 2.29. The average Bonchev–Trinajstić information content (AvgIpc) is 2.69. The van der Waals surface area contributed by atoms with E-state index in [-0.39, 0.29) is 0 Å². The molecule has 1 aliphatic carbocycles. The Morgan fingerprint density at radius 1 is 1.64 bits per heavy atom. The summed E-state index contributed by atoms with van der Waals surface area (Å²) < 4.78 is 0. The van der Waals surface area contributed by atoms with Crippen LogP contribution >= 0.6 is 12.2 Å². The molecule has 0 aliphatic heterocycles. The molecule has 64 valence electrons. The van der Waals surface area contributed by atoms with Crippen LogP contribution in [0, 0.1) is 5.92 Å². The first-order valence-electron chi connectivity index (χ1n) is 4.23. The van der Waals surface area contributed by atoms with E-state index < -0.39 is 0 Å². The molecule has 2 nitrogen and oxygen atoms in total. The Kier molecular flexibility index (Phi) is 3.27. The van der Waals surface area contributed by atoms with E-state index in [0.717, 1.165) is 19.0 Å². The van der Waals surface area contributed by atoms with E-state index in [4.69, 9.17) is 18.0 Å². The maximum Gasteiger partial charge on any atom is 0.0870 e. The predicted molar refractivity (Wildman–Crippen MR) is 51.6 cm³/mol. The second-order valence-corrected chi connectivity index (χ2v) is 3.76. The molecule has 0 atom stereocenters. The van der Waals surface area contributed by atoms with Gasteiger partial charge in [-0.25, -0.2) is 0 Å². The van der Waals surface area contributed by atoms with Gasteiger partial charge in [0.05, 0.1) is 4.99 Å². The van der Waals surface area contributed by atoms with Crippen LogP contribution in [0.1, 0.15) is 19.8 Å². The minimum absolute atomic E-state index is 0.618. The van der Waals surface area contributed by atoms with Gasteiger partial charge in [-0.2, -0.15) is 0 Å². The molecule has 0 unspecified atom stereocenters. The minimum atomic E-state index is 0.618. The Labute approximate surface area is 73.7 Å². The van der Waals surface area contributed by atoms with Crippen LogP contribution in [0.2, 0.25) is 0 Å². The molecule has 11 heavy (non-hydrogen) atoms. The van der Waals surface area contributed by atoms with Crippen LogP contribution in [0.25, 0.3) is 0 Å². The summed E-state index contributed by atoms with van der Waals surface area (Å²) in [4.78, 5) is 2.94. The Morgan fingerprint density at radius 3 is 2.64 bits per heavy atom. The smallest absolute Gasteiger partial charge is 0.0870 e. The molecule has 0 saturated heterocycles. The number of nitrogens with two attached hydrogens (primary N) is 1. The van der Waals surface area contributed by atoms with Gasteiger partial charge in [0.1, 0.15) is 0 Å². The lowest BCUT2D eigenvalue weighted by atomic mass is 10.3. The Morgan fingerprint density at radius 2 is 2.27 bits per heavy atom. The van der Waals surface area contributed by atoms with Crippen LogP contribution in [0.4, 0.5) is 0 Å². The molecule has 0 radical (unpaired) electrons. The van der Waals surface area contributed by atoms with Crippen molar-refractivity contribution in [2.24, 2.45) is 11.7 Å². The number of rotatable bonds is 5. The van der Waals surface area contributed by atoms with Crippen molar-refractivity contribution in [3.05, 3.63) is 0 Å². The van der Waals surface area contributed by atoms with Crippen molar-refractivity contribution in [1.29, 1.82) is 0 Å². The zero-order valence-corrected chi connectivity index (χ0v) is 7.86. The molecule has 0 bridgehead atoms. The fourth-order valence-corrected chi connectivity index (χ4v) is 1.37. The molecule has 1 saturated carbocycles. The SMILES string of the molecule is CCN(CC(N)=S)CC1CC1. The third kappa shape index (κ3) is 3.68. The van der Waals surface area contributed by atoms with Gasteiger partial charge < -0.3 is 5.73 Å². The van der Waals surface area contributed by atoms with Gasteiger partial charge in [-0.05, 0) is 25.3 Å². The standard InChI is InChI=1S/C8H16N2S/c1-2-10(6-8(9)11)5-7-3-4-7/h7H,2-6H2,1H3,(H2,9,11). The lowest BCUT2D eigenvalue weighted by molar-refractivity contribution is 0.315. The first-order valence-corrected chi connectivity index (χ1v) is 4.64. The van der Waals surface area contributed by atoms with Gasteiger partial charge in [0.25, 0.3) is 0 Å². The van der Waals surface area contributed by atoms with E-state index in [1.165, 1.54) is 19.4 Å². The lowest BCUT2D eigenvalue weighted by Crippen LogP contribution is -2.34. The predicted octanol–water partition coefficient (Wildman–Crippen LogP) is 1.00.